The highest BCUT2D eigenvalue weighted by Crippen LogP contribution is 2.41. The lowest BCUT2D eigenvalue weighted by molar-refractivity contribution is -0.131. The maximum Gasteiger partial charge on any atom is 0.248 e. The molecule has 21 heavy (non-hydrogen) atoms. The second kappa shape index (κ2) is 7.06. The normalized spacial score (nSPS) is 30.1. The van der Waals surface area contributed by atoms with Crippen LogP contribution < -0.4 is 0 Å². The van der Waals surface area contributed by atoms with Crippen LogP contribution in [0, 0.1) is 11.8 Å². The van der Waals surface area contributed by atoms with Crippen molar-refractivity contribution in [3.8, 4) is 0 Å². The Morgan fingerprint density at radius 1 is 1.05 bits per heavy atom. The number of halogens is 2. The maximum atomic E-state index is 13.2. The molecule has 0 radical (unpaired) electrons. The number of rotatable bonds is 4. The minimum absolute atomic E-state index is 0.0843. The molecule has 0 aromatic rings. The first-order valence-electron chi connectivity index (χ1n) is 8.56. The molecule has 0 bridgehead atoms. The van der Waals surface area contributed by atoms with Gasteiger partial charge in [0.25, 0.3) is 0 Å². The third-order valence-corrected chi connectivity index (χ3v) is 5.51. The summed E-state index contributed by atoms with van der Waals surface area (Å²) in [5, 5.41) is 0. The van der Waals surface area contributed by atoms with Crippen molar-refractivity contribution in [2.75, 3.05) is 6.54 Å². The summed E-state index contributed by atoms with van der Waals surface area (Å²) >= 11 is 0. The Kier molecular flexibility index (Phi) is 5.61. The zero-order valence-corrected chi connectivity index (χ0v) is 13.4. The van der Waals surface area contributed by atoms with Crippen LogP contribution in [0.5, 0.6) is 0 Å². The Bertz CT molecular complexity index is 341. The summed E-state index contributed by atoms with van der Waals surface area (Å²) in [4.78, 5) is 13.6. The van der Waals surface area contributed by atoms with Gasteiger partial charge in [-0.3, -0.25) is 4.79 Å². The highest BCUT2D eigenvalue weighted by Gasteiger charge is 2.36. The maximum absolute atomic E-state index is 13.2. The summed E-state index contributed by atoms with van der Waals surface area (Å²) in [6.45, 7) is 4.48. The van der Waals surface area contributed by atoms with Gasteiger partial charge in [-0.25, -0.2) is 8.78 Å². The molecule has 2 fully saturated rings. The van der Waals surface area contributed by atoms with Crippen molar-refractivity contribution in [3.63, 3.8) is 0 Å². The largest absolute Gasteiger partial charge is 0.340 e. The van der Waals surface area contributed by atoms with Crippen molar-refractivity contribution in [1.82, 2.24) is 4.90 Å². The molecule has 0 heterocycles. The lowest BCUT2D eigenvalue weighted by atomic mass is 9.75. The van der Waals surface area contributed by atoms with E-state index in [-0.39, 0.29) is 18.7 Å². The van der Waals surface area contributed by atoms with Gasteiger partial charge in [-0.2, -0.15) is 0 Å². The van der Waals surface area contributed by atoms with Crippen LogP contribution in [-0.4, -0.2) is 29.3 Å². The van der Waals surface area contributed by atoms with E-state index >= 15 is 0 Å². The second-order valence-corrected chi connectivity index (χ2v) is 7.01. The Hall–Kier alpha value is -0.670. The van der Waals surface area contributed by atoms with Crippen molar-refractivity contribution in [2.45, 2.75) is 83.6 Å². The average Bonchev–Trinajstić information content (AvgIpc) is 2.43. The van der Waals surface area contributed by atoms with Crippen molar-refractivity contribution in [2.24, 2.45) is 11.8 Å². The van der Waals surface area contributed by atoms with Crippen LogP contribution in [-0.2, 0) is 4.79 Å². The fraction of sp³-hybridized carbons (Fsp3) is 0.941. The highest BCUT2D eigenvalue weighted by atomic mass is 19.3. The predicted molar refractivity (Wildman–Crippen MR) is 80.3 cm³/mol. The van der Waals surface area contributed by atoms with Crippen LogP contribution in [0.2, 0.25) is 0 Å². The Labute approximate surface area is 127 Å². The number of hydrogen-bond donors (Lipinski definition) is 0. The van der Waals surface area contributed by atoms with Crippen LogP contribution in [0.3, 0.4) is 0 Å². The molecule has 0 spiro atoms. The molecule has 2 saturated carbocycles. The standard InChI is InChI=1S/C17H29F2NO/c1-3-20(13(2)21)16-6-4-14(5-7-16)12-15-8-10-17(18,19)11-9-15/h14-16H,3-12H2,1-2H3. The van der Waals surface area contributed by atoms with Gasteiger partial charge in [0.05, 0.1) is 0 Å². The SMILES string of the molecule is CCN(C(C)=O)C1CCC(CC2CCC(F)(F)CC2)CC1. The van der Waals surface area contributed by atoms with E-state index in [0.29, 0.717) is 30.7 Å². The first-order valence-corrected chi connectivity index (χ1v) is 8.56. The zero-order chi connectivity index (χ0) is 15.5. The third-order valence-electron chi connectivity index (χ3n) is 5.51. The molecule has 0 aliphatic heterocycles. The van der Waals surface area contributed by atoms with Gasteiger partial charge in [-0.05, 0) is 63.7 Å². The molecule has 1 amide bonds. The molecule has 2 rings (SSSR count). The number of carbonyl (C=O) groups is 1. The van der Waals surface area contributed by atoms with Gasteiger partial charge in [-0.1, -0.05) is 0 Å². The van der Waals surface area contributed by atoms with Crippen molar-refractivity contribution < 1.29 is 13.6 Å². The summed E-state index contributed by atoms with van der Waals surface area (Å²) in [5.41, 5.74) is 0. The van der Waals surface area contributed by atoms with E-state index in [9.17, 15) is 13.6 Å². The van der Waals surface area contributed by atoms with Crippen LogP contribution >= 0.6 is 0 Å². The molecule has 2 nitrogen and oxygen atoms in total. The van der Waals surface area contributed by atoms with Crippen LogP contribution in [0.15, 0.2) is 0 Å². The second-order valence-electron chi connectivity index (χ2n) is 7.01. The monoisotopic (exact) mass is 301 g/mol. The van der Waals surface area contributed by atoms with Crippen LogP contribution in [0.4, 0.5) is 8.78 Å². The van der Waals surface area contributed by atoms with Crippen LogP contribution in [0.1, 0.15) is 71.6 Å². The molecular formula is C17H29F2NO. The molecule has 0 atom stereocenters. The van der Waals surface area contributed by atoms with Gasteiger partial charge in [0, 0.05) is 32.4 Å². The molecule has 2 aliphatic carbocycles. The fourth-order valence-electron chi connectivity index (χ4n) is 4.24. The minimum atomic E-state index is -2.41. The van der Waals surface area contributed by atoms with E-state index in [4.69, 9.17) is 0 Å². The minimum Gasteiger partial charge on any atom is -0.340 e. The lowest BCUT2D eigenvalue weighted by Gasteiger charge is -2.38. The van der Waals surface area contributed by atoms with Crippen LogP contribution in [0.25, 0.3) is 0 Å². The number of hydrogen-bond acceptors (Lipinski definition) is 1. The molecule has 0 N–H and O–H groups in total. The van der Waals surface area contributed by atoms with E-state index < -0.39 is 5.92 Å². The third kappa shape index (κ3) is 4.65. The van der Waals surface area contributed by atoms with Crippen molar-refractivity contribution >= 4 is 5.91 Å². The summed E-state index contributed by atoms with van der Waals surface area (Å²) in [5.74, 6) is -1.04. The van der Waals surface area contributed by atoms with E-state index in [1.165, 1.54) is 0 Å². The summed E-state index contributed by atoms with van der Waals surface area (Å²) in [6.07, 6.45) is 7.16. The van der Waals surface area contributed by atoms with Gasteiger partial charge in [0.1, 0.15) is 0 Å². The van der Waals surface area contributed by atoms with E-state index in [2.05, 4.69) is 0 Å². The first kappa shape index (κ1) is 16.7. The van der Waals surface area contributed by atoms with Gasteiger partial charge in [0.15, 0.2) is 0 Å². The summed E-state index contributed by atoms with van der Waals surface area (Å²) in [6, 6.07) is 0.402. The lowest BCUT2D eigenvalue weighted by Crippen LogP contribution is -2.41. The summed E-state index contributed by atoms with van der Waals surface area (Å²) in [7, 11) is 0. The zero-order valence-electron chi connectivity index (χ0n) is 13.4. The molecule has 4 heteroatoms. The number of alkyl halides is 2. The van der Waals surface area contributed by atoms with E-state index in [0.717, 1.165) is 38.6 Å². The first-order chi connectivity index (χ1) is 9.91. The molecule has 0 saturated heterocycles. The Morgan fingerprint density at radius 3 is 2.05 bits per heavy atom. The molecular weight excluding hydrogens is 272 g/mol. The fourth-order valence-corrected chi connectivity index (χ4v) is 4.24. The topological polar surface area (TPSA) is 20.3 Å². The highest BCUT2D eigenvalue weighted by molar-refractivity contribution is 5.73. The van der Waals surface area contributed by atoms with Crippen molar-refractivity contribution in [3.05, 3.63) is 0 Å². The van der Waals surface area contributed by atoms with Gasteiger partial charge in [0.2, 0.25) is 11.8 Å². The Balaban J connectivity index is 1.73. The molecule has 0 aromatic heterocycles. The van der Waals surface area contributed by atoms with E-state index in [1.54, 1.807) is 6.92 Å². The molecule has 122 valence electrons. The predicted octanol–water partition coefficient (Wildman–Crippen LogP) is 4.63. The summed E-state index contributed by atoms with van der Waals surface area (Å²) < 4.78 is 26.3. The molecule has 2 aliphatic rings. The van der Waals surface area contributed by atoms with E-state index in [1.807, 2.05) is 11.8 Å². The number of carbonyl (C=O) groups excluding carboxylic acids is 1. The van der Waals surface area contributed by atoms with Gasteiger partial charge in [-0.15, -0.1) is 0 Å². The number of amides is 1. The molecule has 0 aromatic carbocycles. The quantitative estimate of drug-likeness (QED) is 0.741. The Morgan fingerprint density at radius 2 is 1.57 bits per heavy atom. The van der Waals surface area contributed by atoms with Gasteiger partial charge >= 0.3 is 0 Å². The van der Waals surface area contributed by atoms with Gasteiger partial charge < -0.3 is 4.90 Å². The molecule has 0 unspecified atom stereocenters. The smallest absolute Gasteiger partial charge is 0.248 e. The number of nitrogens with zero attached hydrogens (tertiary/aromatic N) is 1. The van der Waals surface area contributed by atoms with Crippen molar-refractivity contribution in [1.29, 1.82) is 0 Å². The average molecular weight is 301 g/mol.